The number of methoxy groups -OCH3 is 1. The largest absolute Gasteiger partial charge is 0.493 e. The Balaban J connectivity index is 1.94. The smallest absolute Gasteiger partial charge is 0.235 e. The fraction of sp³-hybridized carbons (Fsp3) is 0.562. The molecule has 3 rings (SSSR count). The van der Waals surface area contributed by atoms with Gasteiger partial charge in [-0.1, -0.05) is 12.1 Å². The fourth-order valence-electron chi connectivity index (χ4n) is 2.78. The Morgan fingerprint density at radius 1 is 1.43 bits per heavy atom. The first-order chi connectivity index (χ1) is 10.3. The van der Waals surface area contributed by atoms with Crippen LogP contribution in [0.2, 0.25) is 0 Å². The summed E-state index contributed by atoms with van der Waals surface area (Å²) in [4.78, 5) is 14.7. The Labute approximate surface area is 123 Å². The molecule has 1 aliphatic carbocycles. The molecule has 2 fully saturated rings. The number of nitrogens with zero attached hydrogens (tertiary/aromatic N) is 1. The average molecular weight is 289 g/mol. The number of carbonyl (C=O) groups excluding carboxylic acids is 1. The van der Waals surface area contributed by atoms with E-state index < -0.39 is 5.54 Å². The van der Waals surface area contributed by atoms with Crippen LogP contribution < -0.4 is 9.47 Å². The second-order valence-corrected chi connectivity index (χ2v) is 5.53. The van der Waals surface area contributed by atoms with Gasteiger partial charge in [-0.15, -0.1) is 0 Å². The standard InChI is InChI=1S/C16H19NO4/c1-19-14-6-2-5-13(16(7-8-16)17-11-18)15(14)21-12-4-3-9-20-10-12/h2,5-6,12H,3-4,7-10H2,1H3. The van der Waals surface area contributed by atoms with Gasteiger partial charge in [-0.05, 0) is 31.7 Å². The SMILES string of the molecule is COc1cccc(C2(N=C=O)CC2)c1OC1CCCOC1. The van der Waals surface area contributed by atoms with E-state index in [4.69, 9.17) is 14.2 Å². The molecule has 5 heteroatoms. The van der Waals surface area contributed by atoms with Gasteiger partial charge in [0.1, 0.15) is 11.6 Å². The van der Waals surface area contributed by atoms with Crippen LogP contribution >= 0.6 is 0 Å². The summed E-state index contributed by atoms with van der Waals surface area (Å²) in [6.07, 6.45) is 5.34. The molecule has 1 saturated heterocycles. The first-order valence-electron chi connectivity index (χ1n) is 7.30. The maximum atomic E-state index is 10.7. The Bertz CT molecular complexity index is 555. The van der Waals surface area contributed by atoms with Gasteiger partial charge in [0.25, 0.3) is 0 Å². The second kappa shape index (κ2) is 5.88. The number of hydrogen-bond acceptors (Lipinski definition) is 5. The van der Waals surface area contributed by atoms with Crippen LogP contribution in [0.1, 0.15) is 31.2 Å². The van der Waals surface area contributed by atoms with E-state index in [1.807, 2.05) is 18.2 Å². The Morgan fingerprint density at radius 3 is 2.90 bits per heavy atom. The summed E-state index contributed by atoms with van der Waals surface area (Å²) in [6.45, 7) is 1.37. The first kappa shape index (κ1) is 14.1. The van der Waals surface area contributed by atoms with Gasteiger partial charge in [-0.3, -0.25) is 0 Å². The molecule has 5 nitrogen and oxygen atoms in total. The quantitative estimate of drug-likeness (QED) is 0.617. The summed E-state index contributed by atoms with van der Waals surface area (Å²) in [5.74, 6) is 1.36. The van der Waals surface area contributed by atoms with Crippen molar-refractivity contribution < 1.29 is 19.0 Å². The lowest BCUT2D eigenvalue weighted by Gasteiger charge is -2.26. The molecule has 1 heterocycles. The van der Waals surface area contributed by atoms with Crippen molar-refractivity contribution in [3.8, 4) is 11.5 Å². The van der Waals surface area contributed by atoms with Crippen molar-refractivity contribution in [3.05, 3.63) is 23.8 Å². The zero-order valence-corrected chi connectivity index (χ0v) is 12.1. The second-order valence-electron chi connectivity index (χ2n) is 5.53. The lowest BCUT2D eigenvalue weighted by atomic mass is 10.0. The Kier molecular flexibility index (Phi) is 3.95. The number of isocyanates is 1. The summed E-state index contributed by atoms with van der Waals surface area (Å²) in [7, 11) is 1.62. The van der Waals surface area contributed by atoms with Crippen LogP contribution in [0.4, 0.5) is 0 Å². The highest BCUT2D eigenvalue weighted by molar-refractivity contribution is 5.54. The summed E-state index contributed by atoms with van der Waals surface area (Å²) in [5, 5.41) is 0. The summed E-state index contributed by atoms with van der Waals surface area (Å²) >= 11 is 0. The van der Waals surface area contributed by atoms with Gasteiger partial charge >= 0.3 is 0 Å². The molecular formula is C16H19NO4. The van der Waals surface area contributed by atoms with Gasteiger partial charge in [0.15, 0.2) is 11.5 Å². The lowest BCUT2D eigenvalue weighted by Crippen LogP contribution is -2.29. The van der Waals surface area contributed by atoms with Crippen LogP contribution in [0.5, 0.6) is 11.5 Å². The molecule has 1 saturated carbocycles. The molecule has 1 aliphatic heterocycles. The first-order valence-corrected chi connectivity index (χ1v) is 7.30. The minimum absolute atomic E-state index is 0.0183. The van der Waals surface area contributed by atoms with Crippen molar-refractivity contribution in [2.45, 2.75) is 37.3 Å². The average Bonchev–Trinajstić information content (AvgIpc) is 3.29. The number of rotatable bonds is 5. The van der Waals surface area contributed by atoms with Crippen molar-refractivity contribution in [3.63, 3.8) is 0 Å². The van der Waals surface area contributed by atoms with E-state index in [2.05, 4.69) is 4.99 Å². The number of benzene rings is 1. The van der Waals surface area contributed by atoms with E-state index in [0.717, 1.165) is 37.9 Å². The monoisotopic (exact) mass is 289 g/mol. The van der Waals surface area contributed by atoms with Crippen molar-refractivity contribution in [2.75, 3.05) is 20.3 Å². The van der Waals surface area contributed by atoms with Crippen molar-refractivity contribution in [1.82, 2.24) is 0 Å². The maximum absolute atomic E-state index is 10.7. The molecular weight excluding hydrogens is 270 g/mol. The molecule has 1 aromatic carbocycles. The van der Waals surface area contributed by atoms with Crippen molar-refractivity contribution >= 4 is 6.08 Å². The summed E-state index contributed by atoms with van der Waals surface area (Å²) in [5.41, 5.74) is 0.442. The van der Waals surface area contributed by atoms with Crippen LogP contribution in [0.25, 0.3) is 0 Å². The van der Waals surface area contributed by atoms with Gasteiger partial charge in [-0.2, -0.15) is 4.99 Å². The van der Waals surface area contributed by atoms with Crippen molar-refractivity contribution in [2.24, 2.45) is 4.99 Å². The molecule has 112 valence electrons. The zero-order valence-electron chi connectivity index (χ0n) is 12.1. The maximum Gasteiger partial charge on any atom is 0.235 e. The highest BCUT2D eigenvalue weighted by atomic mass is 16.5. The summed E-state index contributed by atoms with van der Waals surface area (Å²) in [6, 6.07) is 5.72. The summed E-state index contributed by atoms with van der Waals surface area (Å²) < 4.78 is 17.0. The molecule has 0 spiro atoms. The molecule has 0 aromatic heterocycles. The Hall–Kier alpha value is -1.84. The molecule has 0 N–H and O–H groups in total. The molecule has 1 atom stereocenters. The minimum Gasteiger partial charge on any atom is -0.493 e. The van der Waals surface area contributed by atoms with Gasteiger partial charge in [0, 0.05) is 12.2 Å². The predicted octanol–water partition coefficient (Wildman–Crippen LogP) is 2.58. The molecule has 1 unspecified atom stereocenters. The van der Waals surface area contributed by atoms with E-state index in [1.165, 1.54) is 0 Å². The van der Waals surface area contributed by atoms with E-state index in [1.54, 1.807) is 13.2 Å². The highest BCUT2D eigenvalue weighted by Gasteiger charge is 2.47. The van der Waals surface area contributed by atoms with E-state index in [-0.39, 0.29) is 6.10 Å². The number of ether oxygens (including phenoxy) is 3. The van der Waals surface area contributed by atoms with Gasteiger partial charge in [0.05, 0.1) is 13.7 Å². The lowest BCUT2D eigenvalue weighted by molar-refractivity contribution is 0.00583. The van der Waals surface area contributed by atoms with Gasteiger partial charge < -0.3 is 14.2 Å². The van der Waals surface area contributed by atoms with Crippen molar-refractivity contribution in [1.29, 1.82) is 0 Å². The molecule has 0 radical (unpaired) electrons. The van der Waals surface area contributed by atoms with Crippen LogP contribution in [0, 0.1) is 0 Å². The van der Waals surface area contributed by atoms with Gasteiger partial charge in [-0.25, -0.2) is 4.79 Å². The molecule has 1 aromatic rings. The Morgan fingerprint density at radius 2 is 2.29 bits per heavy atom. The van der Waals surface area contributed by atoms with Crippen LogP contribution in [0.15, 0.2) is 23.2 Å². The minimum atomic E-state index is -0.471. The van der Waals surface area contributed by atoms with Crippen LogP contribution in [0.3, 0.4) is 0 Å². The predicted molar refractivity (Wildman–Crippen MR) is 76.5 cm³/mol. The number of aliphatic imine (C=N–C) groups is 1. The highest BCUT2D eigenvalue weighted by Crippen LogP contribution is 2.54. The number of hydrogen-bond donors (Lipinski definition) is 0. The van der Waals surface area contributed by atoms with Crippen LogP contribution in [-0.2, 0) is 15.1 Å². The molecule has 0 amide bonds. The third-order valence-corrected chi connectivity index (χ3v) is 4.09. The normalized spacial score (nSPS) is 23.0. The van der Waals surface area contributed by atoms with Crippen LogP contribution in [-0.4, -0.2) is 32.5 Å². The van der Waals surface area contributed by atoms with E-state index in [0.29, 0.717) is 18.1 Å². The fourth-order valence-corrected chi connectivity index (χ4v) is 2.78. The van der Waals surface area contributed by atoms with E-state index in [9.17, 15) is 4.79 Å². The third-order valence-electron chi connectivity index (χ3n) is 4.09. The van der Waals surface area contributed by atoms with E-state index >= 15 is 0 Å². The zero-order chi connectivity index (χ0) is 14.7. The number of para-hydroxylation sites is 1. The topological polar surface area (TPSA) is 57.1 Å². The van der Waals surface area contributed by atoms with Gasteiger partial charge in [0.2, 0.25) is 6.08 Å². The molecule has 0 bridgehead atoms. The molecule has 21 heavy (non-hydrogen) atoms. The third kappa shape index (κ3) is 2.80. The molecule has 2 aliphatic rings.